The summed E-state index contributed by atoms with van der Waals surface area (Å²) in [4.78, 5) is 12.5. The van der Waals surface area contributed by atoms with Crippen molar-refractivity contribution in [2.45, 2.75) is 84.6 Å². The first-order valence-corrected chi connectivity index (χ1v) is 11.5. The topological polar surface area (TPSA) is 63.2 Å². The van der Waals surface area contributed by atoms with Gasteiger partial charge in [-0.3, -0.25) is 4.79 Å². The number of hydrogen-bond donors (Lipinski definition) is 0. The van der Waals surface area contributed by atoms with Crippen molar-refractivity contribution in [1.82, 2.24) is 0 Å². The number of rotatable bonds is 9. The molecule has 0 N–H and O–H groups in total. The van der Waals surface area contributed by atoms with Gasteiger partial charge in [-0.05, 0) is 57.2 Å². The molecule has 6 heteroatoms. The molecule has 2 saturated heterocycles. The van der Waals surface area contributed by atoms with Crippen LogP contribution in [0.3, 0.4) is 0 Å². The summed E-state index contributed by atoms with van der Waals surface area (Å²) >= 11 is 0. The van der Waals surface area contributed by atoms with Crippen molar-refractivity contribution >= 4 is 5.97 Å². The highest BCUT2D eigenvalue weighted by molar-refractivity contribution is 5.73. The molecule has 0 spiro atoms. The van der Waals surface area contributed by atoms with Crippen LogP contribution in [-0.4, -0.2) is 43.8 Å². The van der Waals surface area contributed by atoms with E-state index in [2.05, 4.69) is 13.8 Å². The van der Waals surface area contributed by atoms with Gasteiger partial charge in [0.05, 0.1) is 38.4 Å². The van der Waals surface area contributed by atoms with Gasteiger partial charge in [0.2, 0.25) is 0 Å². The fourth-order valence-electron chi connectivity index (χ4n) is 4.68. The van der Waals surface area contributed by atoms with Crippen LogP contribution in [0.2, 0.25) is 0 Å². The number of carbonyl (C=O) groups is 1. The Morgan fingerprint density at radius 1 is 1.19 bits per heavy atom. The van der Waals surface area contributed by atoms with Crippen molar-refractivity contribution in [1.29, 1.82) is 0 Å². The molecule has 2 aliphatic heterocycles. The van der Waals surface area contributed by atoms with E-state index in [1.807, 2.05) is 45.0 Å². The maximum Gasteiger partial charge on any atom is 0.311 e. The summed E-state index contributed by atoms with van der Waals surface area (Å²) in [5, 5.41) is 0. The lowest BCUT2D eigenvalue weighted by atomic mass is 9.82. The maximum absolute atomic E-state index is 12.5. The van der Waals surface area contributed by atoms with E-state index in [1.54, 1.807) is 7.11 Å². The monoisotopic (exact) mass is 434 g/mol. The van der Waals surface area contributed by atoms with E-state index in [0.717, 1.165) is 30.6 Å². The fourth-order valence-corrected chi connectivity index (χ4v) is 4.68. The Kier molecular flexibility index (Phi) is 8.00. The minimum atomic E-state index is -0.515. The Balaban J connectivity index is 1.57. The third-order valence-corrected chi connectivity index (χ3v) is 6.74. The van der Waals surface area contributed by atoms with Gasteiger partial charge in [-0.25, -0.2) is 0 Å². The maximum atomic E-state index is 12.5. The molecule has 0 aromatic heterocycles. The number of esters is 1. The highest BCUT2D eigenvalue weighted by atomic mass is 16.7. The van der Waals surface area contributed by atoms with E-state index < -0.39 is 5.79 Å². The van der Waals surface area contributed by atoms with Gasteiger partial charge in [-0.2, -0.15) is 0 Å². The third-order valence-electron chi connectivity index (χ3n) is 6.74. The van der Waals surface area contributed by atoms with Crippen molar-refractivity contribution < 1.29 is 28.5 Å². The first-order chi connectivity index (χ1) is 14.7. The van der Waals surface area contributed by atoms with Crippen molar-refractivity contribution in [3.8, 4) is 5.75 Å². The lowest BCUT2D eigenvalue weighted by Gasteiger charge is -2.39. The second-order valence-corrected chi connectivity index (χ2v) is 9.36. The zero-order valence-corrected chi connectivity index (χ0v) is 19.8. The van der Waals surface area contributed by atoms with Gasteiger partial charge >= 0.3 is 5.97 Å². The van der Waals surface area contributed by atoms with Crippen LogP contribution in [0.4, 0.5) is 0 Å². The summed E-state index contributed by atoms with van der Waals surface area (Å²) in [6.45, 7) is 11.2. The number of methoxy groups -OCH3 is 1. The fraction of sp³-hybridized carbons (Fsp3) is 0.720. The van der Waals surface area contributed by atoms with Crippen molar-refractivity contribution in [3.05, 3.63) is 29.8 Å². The number of cyclic esters (lactones) is 1. The molecule has 2 heterocycles. The number of hydrogen-bond acceptors (Lipinski definition) is 6. The van der Waals surface area contributed by atoms with Crippen LogP contribution in [0.15, 0.2) is 24.3 Å². The summed E-state index contributed by atoms with van der Waals surface area (Å²) in [6, 6.07) is 7.82. The van der Waals surface area contributed by atoms with Crippen molar-refractivity contribution in [2.75, 3.05) is 13.7 Å². The summed E-state index contributed by atoms with van der Waals surface area (Å²) in [6.07, 6.45) is 2.53. The van der Waals surface area contributed by atoms with Crippen LogP contribution in [0.25, 0.3) is 0 Å². The molecule has 2 aliphatic rings. The minimum absolute atomic E-state index is 0.0932. The minimum Gasteiger partial charge on any atom is -0.497 e. The van der Waals surface area contributed by atoms with Crippen LogP contribution >= 0.6 is 0 Å². The molecule has 2 fully saturated rings. The number of benzene rings is 1. The SMILES string of the molecule is CC[C@H](CC[C@@H]1OC(=O)[C@@H](C)[C@H](OCc2ccc(OC)cc2)[C@@H]1C)[C@@H]1COC(C)(C)O1. The molecule has 0 aliphatic carbocycles. The molecule has 0 unspecified atom stereocenters. The zero-order chi connectivity index (χ0) is 22.6. The Labute approximate surface area is 186 Å². The molecule has 1 aromatic rings. The summed E-state index contributed by atoms with van der Waals surface area (Å²) in [5.41, 5.74) is 1.06. The summed E-state index contributed by atoms with van der Waals surface area (Å²) in [7, 11) is 1.65. The van der Waals surface area contributed by atoms with Crippen LogP contribution in [0, 0.1) is 17.8 Å². The Bertz CT molecular complexity index is 715. The molecular weight excluding hydrogens is 396 g/mol. The van der Waals surface area contributed by atoms with Crippen LogP contribution in [-0.2, 0) is 30.3 Å². The van der Waals surface area contributed by atoms with Crippen LogP contribution in [0.5, 0.6) is 5.75 Å². The normalized spacial score (nSPS) is 31.3. The molecule has 6 atom stereocenters. The molecule has 3 rings (SSSR count). The molecule has 31 heavy (non-hydrogen) atoms. The average Bonchev–Trinajstić information content (AvgIpc) is 3.12. The predicted molar refractivity (Wildman–Crippen MR) is 118 cm³/mol. The third kappa shape index (κ3) is 5.99. The van der Waals surface area contributed by atoms with Gasteiger partial charge in [0.15, 0.2) is 5.79 Å². The van der Waals surface area contributed by atoms with E-state index in [1.165, 1.54) is 0 Å². The quantitative estimate of drug-likeness (QED) is 0.523. The Hall–Kier alpha value is -1.63. The lowest BCUT2D eigenvalue weighted by molar-refractivity contribution is -0.185. The van der Waals surface area contributed by atoms with E-state index >= 15 is 0 Å². The van der Waals surface area contributed by atoms with E-state index in [0.29, 0.717) is 19.1 Å². The van der Waals surface area contributed by atoms with E-state index in [9.17, 15) is 4.79 Å². The van der Waals surface area contributed by atoms with Gasteiger partial charge in [-0.15, -0.1) is 0 Å². The molecule has 0 amide bonds. The molecular formula is C25H38O6. The number of ether oxygens (including phenoxy) is 5. The van der Waals surface area contributed by atoms with Crippen LogP contribution < -0.4 is 4.74 Å². The van der Waals surface area contributed by atoms with Gasteiger partial charge in [-0.1, -0.05) is 32.4 Å². The highest BCUT2D eigenvalue weighted by Crippen LogP contribution is 2.35. The first kappa shape index (κ1) is 24.0. The van der Waals surface area contributed by atoms with Crippen molar-refractivity contribution in [3.63, 3.8) is 0 Å². The average molecular weight is 435 g/mol. The molecule has 174 valence electrons. The smallest absolute Gasteiger partial charge is 0.311 e. The second kappa shape index (κ2) is 10.3. The highest BCUT2D eigenvalue weighted by Gasteiger charge is 2.43. The van der Waals surface area contributed by atoms with Crippen molar-refractivity contribution in [2.24, 2.45) is 17.8 Å². The standard InChI is InChI=1S/C25H38O6/c1-7-19(22-15-29-25(4,5)31-22)10-13-21-16(2)23(17(3)24(26)30-21)28-14-18-8-11-20(27-6)12-9-18/h8-9,11-12,16-17,19,21-23H,7,10,13-15H2,1-6H3/t16-,17+,19-,21+,22+,23-/m1/s1. The summed E-state index contributed by atoms with van der Waals surface area (Å²) < 4.78 is 29.1. The Morgan fingerprint density at radius 3 is 2.48 bits per heavy atom. The largest absolute Gasteiger partial charge is 0.497 e. The first-order valence-electron chi connectivity index (χ1n) is 11.5. The molecule has 0 saturated carbocycles. The van der Waals surface area contributed by atoms with Crippen LogP contribution in [0.1, 0.15) is 59.4 Å². The zero-order valence-electron chi connectivity index (χ0n) is 19.8. The van der Waals surface area contributed by atoms with Gasteiger partial charge < -0.3 is 23.7 Å². The van der Waals surface area contributed by atoms with E-state index in [-0.39, 0.29) is 36.1 Å². The van der Waals surface area contributed by atoms with Gasteiger partial charge in [0.25, 0.3) is 0 Å². The Morgan fingerprint density at radius 2 is 1.90 bits per heavy atom. The van der Waals surface area contributed by atoms with Gasteiger partial charge in [0.1, 0.15) is 11.9 Å². The second-order valence-electron chi connectivity index (χ2n) is 9.36. The lowest BCUT2D eigenvalue weighted by Crippen LogP contribution is -2.48. The molecule has 6 nitrogen and oxygen atoms in total. The number of carbonyl (C=O) groups excluding carboxylic acids is 1. The predicted octanol–water partition coefficient (Wildman–Crippen LogP) is 4.74. The molecule has 0 bridgehead atoms. The molecule has 1 aromatic carbocycles. The van der Waals surface area contributed by atoms with Gasteiger partial charge in [0, 0.05) is 5.92 Å². The van der Waals surface area contributed by atoms with E-state index in [4.69, 9.17) is 23.7 Å². The molecule has 0 radical (unpaired) electrons. The summed E-state index contributed by atoms with van der Waals surface area (Å²) in [5.74, 6) is 0.360.